The van der Waals surface area contributed by atoms with E-state index in [0.29, 0.717) is 12.5 Å². The number of hydrogen-bond acceptors (Lipinski definition) is 2. The molecule has 0 bridgehead atoms. The van der Waals surface area contributed by atoms with Gasteiger partial charge in [-0.25, -0.2) is 4.39 Å². The second-order valence-corrected chi connectivity index (χ2v) is 6.70. The van der Waals surface area contributed by atoms with Gasteiger partial charge >= 0.3 is 0 Å². The lowest BCUT2D eigenvalue weighted by Gasteiger charge is -2.12. The third-order valence-corrected chi connectivity index (χ3v) is 4.78. The van der Waals surface area contributed by atoms with Crippen LogP contribution in [0.3, 0.4) is 0 Å². The molecule has 1 unspecified atom stereocenters. The summed E-state index contributed by atoms with van der Waals surface area (Å²) in [5.74, 6) is -0.416. The number of aryl methyl sites for hydroxylation is 2. The first-order chi connectivity index (χ1) is 11.5. The van der Waals surface area contributed by atoms with Crippen LogP contribution in [0.2, 0.25) is 0 Å². The topological polar surface area (TPSA) is 55.1 Å². The summed E-state index contributed by atoms with van der Waals surface area (Å²) in [5, 5.41) is 2.73. The molecule has 0 heterocycles. The van der Waals surface area contributed by atoms with Crippen molar-refractivity contribution in [1.82, 2.24) is 5.32 Å². The largest absolute Gasteiger partial charge is 0.350 e. The number of carbonyl (C=O) groups excluding carboxylic acids is 1. The van der Waals surface area contributed by atoms with Crippen molar-refractivity contribution in [3.8, 4) is 11.1 Å². The molecule has 1 aliphatic carbocycles. The Morgan fingerprint density at radius 3 is 2.46 bits per heavy atom. The zero-order valence-electron chi connectivity index (χ0n) is 14.1. The summed E-state index contributed by atoms with van der Waals surface area (Å²) >= 11 is 0. The Kier molecular flexibility index (Phi) is 4.67. The maximum Gasteiger partial charge on any atom is 0.254 e. The van der Waals surface area contributed by atoms with Crippen LogP contribution < -0.4 is 11.1 Å². The highest BCUT2D eigenvalue weighted by Crippen LogP contribution is 2.31. The highest BCUT2D eigenvalue weighted by atomic mass is 19.1. The van der Waals surface area contributed by atoms with Crippen molar-refractivity contribution in [2.75, 3.05) is 6.54 Å². The van der Waals surface area contributed by atoms with Crippen LogP contribution in [0.4, 0.5) is 4.39 Å². The monoisotopic (exact) mass is 326 g/mol. The van der Waals surface area contributed by atoms with Crippen molar-refractivity contribution in [2.24, 2.45) is 11.7 Å². The van der Waals surface area contributed by atoms with E-state index < -0.39 is 11.7 Å². The molecule has 1 fully saturated rings. The van der Waals surface area contributed by atoms with Crippen molar-refractivity contribution in [1.29, 1.82) is 0 Å². The van der Waals surface area contributed by atoms with Gasteiger partial charge in [-0.2, -0.15) is 0 Å². The fourth-order valence-electron chi connectivity index (χ4n) is 2.80. The van der Waals surface area contributed by atoms with E-state index in [9.17, 15) is 9.18 Å². The molecule has 126 valence electrons. The molecule has 0 aliphatic heterocycles. The van der Waals surface area contributed by atoms with Gasteiger partial charge in [0, 0.05) is 12.6 Å². The van der Waals surface area contributed by atoms with Crippen LogP contribution in [-0.4, -0.2) is 18.5 Å². The van der Waals surface area contributed by atoms with Crippen molar-refractivity contribution < 1.29 is 9.18 Å². The van der Waals surface area contributed by atoms with Crippen LogP contribution in [0.25, 0.3) is 11.1 Å². The molecule has 0 saturated heterocycles. The van der Waals surface area contributed by atoms with E-state index in [2.05, 4.69) is 5.32 Å². The molecule has 1 amide bonds. The summed E-state index contributed by atoms with van der Waals surface area (Å²) < 4.78 is 14.4. The molecule has 2 aromatic rings. The van der Waals surface area contributed by atoms with Gasteiger partial charge in [0.1, 0.15) is 5.82 Å². The molecule has 3 rings (SSSR count). The van der Waals surface area contributed by atoms with Gasteiger partial charge in [0.2, 0.25) is 0 Å². The Balaban J connectivity index is 1.73. The first kappa shape index (κ1) is 16.7. The maximum atomic E-state index is 14.4. The second kappa shape index (κ2) is 6.73. The van der Waals surface area contributed by atoms with Crippen LogP contribution in [0, 0.1) is 25.6 Å². The summed E-state index contributed by atoms with van der Waals surface area (Å²) in [6.07, 6.45) is 2.24. The van der Waals surface area contributed by atoms with E-state index in [1.165, 1.54) is 17.7 Å². The van der Waals surface area contributed by atoms with Gasteiger partial charge < -0.3 is 11.1 Å². The number of halogens is 1. The Morgan fingerprint density at radius 1 is 1.17 bits per heavy atom. The van der Waals surface area contributed by atoms with Gasteiger partial charge in [0.25, 0.3) is 5.91 Å². The number of carbonyl (C=O) groups is 1. The van der Waals surface area contributed by atoms with Crippen molar-refractivity contribution in [2.45, 2.75) is 32.7 Å². The third kappa shape index (κ3) is 3.65. The standard InChI is InChI=1S/C20H23FN2O/c1-12-3-4-15(9-13(12)2)16-7-8-17(18(21)10-16)20(24)23-11-19(22)14-5-6-14/h3-4,7-10,14,19H,5-6,11,22H2,1-2H3,(H,23,24). The van der Waals surface area contributed by atoms with Crippen LogP contribution in [0.1, 0.15) is 34.3 Å². The maximum absolute atomic E-state index is 14.4. The van der Waals surface area contributed by atoms with Crippen LogP contribution in [0.5, 0.6) is 0 Å². The predicted molar refractivity (Wildman–Crippen MR) is 94.3 cm³/mol. The van der Waals surface area contributed by atoms with E-state index in [0.717, 1.165) is 29.5 Å². The number of benzene rings is 2. The Bertz CT molecular complexity index is 768. The normalized spacial score (nSPS) is 15.2. The quantitative estimate of drug-likeness (QED) is 0.882. The Labute approximate surface area is 142 Å². The summed E-state index contributed by atoms with van der Waals surface area (Å²) in [4.78, 5) is 12.2. The summed E-state index contributed by atoms with van der Waals surface area (Å²) in [7, 11) is 0. The highest BCUT2D eigenvalue weighted by Gasteiger charge is 2.28. The van der Waals surface area contributed by atoms with Crippen molar-refractivity contribution in [3.63, 3.8) is 0 Å². The van der Waals surface area contributed by atoms with E-state index in [1.807, 2.05) is 32.0 Å². The SMILES string of the molecule is Cc1ccc(-c2ccc(C(=O)NCC(N)C3CC3)c(F)c2)cc1C. The average molecular weight is 326 g/mol. The zero-order chi connectivity index (χ0) is 17.3. The Hall–Kier alpha value is -2.20. The fourth-order valence-corrected chi connectivity index (χ4v) is 2.80. The van der Waals surface area contributed by atoms with E-state index in [-0.39, 0.29) is 11.6 Å². The molecule has 0 radical (unpaired) electrons. The lowest BCUT2D eigenvalue weighted by atomic mass is 9.99. The highest BCUT2D eigenvalue weighted by molar-refractivity contribution is 5.95. The molecule has 24 heavy (non-hydrogen) atoms. The molecule has 4 heteroatoms. The van der Waals surface area contributed by atoms with Crippen LogP contribution >= 0.6 is 0 Å². The number of rotatable bonds is 5. The number of amides is 1. The van der Waals surface area contributed by atoms with Crippen LogP contribution in [-0.2, 0) is 0 Å². The third-order valence-electron chi connectivity index (χ3n) is 4.78. The second-order valence-electron chi connectivity index (χ2n) is 6.70. The lowest BCUT2D eigenvalue weighted by Crippen LogP contribution is -2.38. The molecule has 1 atom stereocenters. The first-order valence-electron chi connectivity index (χ1n) is 8.36. The van der Waals surface area contributed by atoms with Gasteiger partial charge in [-0.1, -0.05) is 24.3 Å². The van der Waals surface area contributed by atoms with E-state index in [4.69, 9.17) is 5.73 Å². The summed E-state index contributed by atoms with van der Waals surface area (Å²) in [6.45, 7) is 4.46. The molecule has 0 spiro atoms. The molecular weight excluding hydrogens is 303 g/mol. The molecular formula is C20H23FN2O. The van der Waals surface area contributed by atoms with Gasteiger partial charge in [-0.3, -0.25) is 4.79 Å². The van der Waals surface area contributed by atoms with Crippen molar-refractivity contribution >= 4 is 5.91 Å². The summed E-state index contributed by atoms with van der Waals surface area (Å²) in [6, 6.07) is 10.7. The van der Waals surface area contributed by atoms with Gasteiger partial charge in [-0.15, -0.1) is 0 Å². The predicted octanol–water partition coefficient (Wildman–Crippen LogP) is 3.58. The number of hydrogen-bond donors (Lipinski definition) is 2. The zero-order valence-corrected chi connectivity index (χ0v) is 14.1. The molecule has 3 nitrogen and oxygen atoms in total. The smallest absolute Gasteiger partial charge is 0.254 e. The van der Waals surface area contributed by atoms with Crippen molar-refractivity contribution in [3.05, 3.63) is 58.9 Å². The van der Waals surface area contributed by atoms with E-state index >= 15 is 0 Å². The molecule has 0 aromatic heterocycles. The first-order valence-corrected chi connectivity index (χ1v) is 8.36. The molecule has 2 aromatic carbocycles. The number of nitrogens with two attached hydrogens (primary N) is 1. The average Bonchev–Trinajstić information content (AvgIpc) is 3.39. The minimum atomic E-state index is -0.511. The summed E-state index contributed by atoms with van der Waals surface area (Å²) in [5.41, 5.74) is 10.1. The minimum absolute atomic E-state index is 0.0354. The van der Waals surface area contributed by atoms with Gasteiger partial charge in [0.05, 0.1) is 5.56 Å². The molecule has 3 N–H and O–H groups in total. The van der Waals surface area contributed by atoms with Gasteiger partial charge in [-0.05, 0) is 67.0 Å². The molecule has 1 aliphatic rings. The minimum Gasteiger partial charge on any atom is -0.350 e. The van der Waals surface area contributed by atoms with E-state index in [1.54, 1.807) is 6.07 Å². The van der Waals surface area contributed by atoms with Crippen LogP contribution in [0.15, 0.2) is 36.4 Å². The fraction of sp³-hybridized carbons (Fsp3) is 0.350. The number of nitrogens with one attached hydrogen (secondary N) is 1. The lowest BCUT2D eigenvalue weighted by molar-refractivity contribution is 0.0946. The molecule has 1 saturated carbocycles. The Morgan fingerprint density at radius 2 is 1.83 bits per heavy atom. The van der Waals surface area contributed by atoms with Gasteiger partial charge in [0.15, 0.2) is 0 Å².